The lowest BCUT2D eigenvalue weighted by atomic mass is 10.2. The number of benzene rings is 1. The van der Waals surface area contributed by atoms with Crippen molar-refractivity contribution in [1.29, 1.82) is 0 Å². The number of anilines is 2. The standard InChI is InChI=1S/C9H7BrIN3S/c1-5-6(11)3-2-4-7(5)12-9-14-13-8(10)15-9/h2-4H,1H3,(H,12,14). The van der Waals surface area contributed by atoms with Crippen LogP contribution >= 0.6 is 49.9 Å². The Morgan fingerprint density at radius 3 is 2.87 bits per heavy atom. The average molecular weight is 396 g/mol. The van der Waals surface area contributed by atoms with E-state index in [1.807, 2.05) is 12.1 Å². The average Bonchev–Trinajstić information content (AvgIpc) is 2.59. The van der Waals surface area contributed by atoms with E-state index in [0.29, 0.717) is 0 Å². The van der Waals surface area contributed by atoms with Gasteiger partial charge in [0.05, 0.1) is 0 Å². The Balaban J connectivity index is 2.28. The Morgan fingerprint density at radius 2 is 2.20 bits per heavy atom. The van der Waals surface area contributed by atoms with E-state index in [4.69, 9.17) is 0 Å². The van der Waals surface area contributed by atoms with Crippen LogP contribution in [-0.2, 0) is 0 Å². The fraction of sp³-hybridized carbons (Fsp3) is 0.111. The number of halogens is 2. The van der Waals surface area contributed by atoms with Gasteiger partial charge in [-0.3, -0.25) is 0 Å². The molecule has 1 N–H and O–H groups in total. The fourth-order valence-electron chi connectivity index (χ4n) is 1.11. The van der Waals surface area contributed by atoms with Gasteiger partial charge >= 0.3 is 0 Å². The van der Waals surface area contributed by atoms with Gasteiger partial charge in [0.25, 0.3) is 0 Å². The van der Waals surface area contributed by atoms with Crippen LogP contribution in [0.1, 0.15) is 5.56 Å². The monoisotopic (exact) mass is 395 g/mol. The van der Waals surface area contributed by atoms with Crippen molar-refractivity contribution in [2.45, 2.75) is 6.92 Å². The van der Waals surface area contributed by atoms with Crippen LogP contribution < -0.4 is 5.32 Å². The first-order valence-corrected chi connectivity index (χ1v) is 6.87. The van der Waals surface area contributed by atoms with Crippen molar-refractivity contribution in [3.05, 3.63) is 31.2 Å². The van der Waals surface area contributed by atoms with Gasteiger partial charge in [-0.05, 0) is 63.1 Å². The largest absolute Gasteiger partial charge is 0.330 e. The molecule has 1 aromatic carbocycles. The third kappa shape index (κ3) is 2.67. The van der Waals surface area contributed by atoms with Gasteiger partial charge in [-0.25, -0.2) is 0 Å². The molecule has 0 aliphatic rings. The van der Waals surface area contributed by atoms with Crippen LogP contribution in [0.5, 0.6) is 0 Å². The minimum atomic E-state index is 0.785. The molecule has 6 heteroatoms. The summed E-state index contributed by atoms with van der Waals surface area (Å²) in [6.07, 6.45) is 0. The number of hydrogen-bond acceptors (Lipinski definition) is 4. The van der Waals surface area contributed by atoms with Gasteiger partial charge in [-0.2, -0.15) is 0 Å². The smallest absolute Gasteiger partial charge is 0.210 e. The van der Waals surface area contributed by atoms with Crippen LogP contribution in [-0.4, -0.2) is 10.2 Å². The summed E-state index contributed by atoms with van der Waals surface area (Å²) < 4.78 is 2.02. The summed E-state index contributed by atoms with van der Waals surface area (Å²) in [6.45, 7) is 2.08. The highest BCUT2D eigenvalue weighted by Gasteiger charge is 2.05. The maximum atomic E-state index is 3.99. The van der Waals surface area contributed by atoms with Gasteiger partial charge in [0, 0.05) is 9.26 Å². The number of hydrogen-bond donors (Lipinski definition) is 1. The lowest BCUT2D eigenvalue weighted by Gasteiger charge is -2.07. The summed E-state index contributed by atoms with van der Waals surface area (Å²) in [5.41, 5.74) is 2.30. The first-order chi connectivity index (χ1) is 7.16. The van der Waals surface area contributed by atoms with Crippen molar-refractivity contribution in [3.8, 4) is 0 Å². The molecular formula is C9H7BrIN3S. The van der Waals surface area contributed by atoms with Crippen molar-refractivity contribution in [3.63, 3.8) is 0 Å². The van der Waals surface area contributed by atoms with E-state index in [1.54, 1.807) is 0 Å². The van der Waals surface area contributed by atoms with E-state index < -0.39 is 0 Å². The van der Waals surface area contributed by atoms with Gasteiger partial charge in [-0.15, -0.1) is 10.2 Å². The molecule has 0 unspecified atom stereocenters. The van der Waals surface area contributed by atoms with Crippen LogP contribution in [0.25, 0.3) is 0 Å². The molecule has 0 radical (unpaired) electrons. The first-order valence-electron chi connectivity index (χ1n) is 4.18. The zero-order valence-corrected chi connectivity index (χ0v) is 12.4. The van der Waals surface area contributed by atoms with Crippen LogP contribution in [0.4, 0.5) is 10.8 Å². The Labute approximate surface area is 114 Å². The summed E-state index contributed by atoms with van der Waals surface area (Å²) in [6, 6.07) is 6.14. The lowest BCUT2D eigenvalue weighted by molar-refractivity contribution is 1.07. The number of nitrogens with zero attached hydrogens (tertiary/aromatic N) is 2. The molecule has 0 spiro atoms. The molecule has 2 rings (SSSR count). The molecule has 1 aromatic heterocycles. The molecule has 0 aliphatic heterocycles. The molecule has 0 saturated heterocycles. The van der Waals surface area contributed by atoms with Crippen molar-refractivity contribution in [2.24, 2.45) is 0 Å². The molecule has 0 aliphatic carbocycles. The predicted octanol–water partition coefficient (Wildman–Crippen LogP) is 3.96. The molecule has 0 amide bonds. The molecule has 0 fully saturated rings. The second-order valence-electron chi connectivity index (χ2n) is 2.90. The van der Waals surface area contributed by atoms with Crippen LogP contribution in [0.2, 0.25) is 0 Å². The van der Waals surface area contributed by atoms with Crippen LogP contribution in [0, 0.1) is 10.5 Å². The Morgan fingerprint density at radius 1 is 1.40 bits per heavy atom. The molecule has 2 aromatic rings. The molecule has 78 valence electrons. The second kappa shape index (κ2) is 4.75. The summed E-state index contributed by atoms with van der Waals surface area (Å²) in [5.74, 6) is 0. The maximum absolute atomic E-state index is 3.99. The molecule has 1 heterocycles. The zero-order chi connectivity index (χ0) is 10.8. The second-order valence-corrected chi connectivity index (χ2v) is 6.31. The van der Waals surface area contributed by atoms with Crippen molar-refractivity contribution >= 4 is 60.7 Å². The van der Waals surface area contributed by atoms with E-state index in [9.17, 15) is 0 Å². The quantitative estimate of drug-likeness (QED) is 0.782. The lowest BCUT2D eigenvalue weighted by Crippen LogP contribution is -1.94. The van der Waals surface area contributed by atoms with Gasteiger partial charge in [0.2, 0.25) is 5.13 Å². The van der Waals surface area contributed by atoms with E-state index in [1.165, 1.54) is 20.5 Å². The zero-order valence-electron chi connectivity index (χ0n) is 7.79. The van der Waals surface area contributed by atoms with E-state index in [-0.39, 0.29) is 0 Å². The molecule has 0 bridgehead atoms. The Kier molecular flexibility index (Phi) is 3.57. The first kappa shape index (κ1) is 11.3. The summed E-state index contributed by atoms with van der Waals surface area (Å²) >= 11 is 7.08. The summed E-state index contributed by atoms with van der Waals surface area (Å²) in [4.78, 5) is 0. The minimum absolute atomic E-state index is 0.785. The molecule has 0 saturated carbocycles. The number of nitrogens with one attached hydrogen (secondary N) is 1. The highest BCUT2D eigenvalue weighted by molar-refractivity contribution is 14.1. The van der Waals surface area contributed by atoms with Crippen LogP contribution in [0.15, 0.2) is 22.1 Å². The summed E-state index contributed by atoms with van der Waals surface area (Å²) in [5, 5.41) is 11.9. The number of aromatic nitrogens is 2. The third-order valence-corrected chi connectivity index (χ3v) is 4.35. The minimum Gasteiger partial charge on any atom is -0.330 e. The molecule has 15 heavy (non-hydrogen) atoms. The molecule has 3 nitrogen and oxygen atoms in total. The molecule has 0 atom stereocenters. The highest BCUT2D eigenvalue weighted by atomic mass is 127. The van der Waals surface area contributed by atoms with Gasteiger partial charge < -0.3 is 5.32 Å². The normalized spacial score (nSPS) is 10.3. The van der Waals surface area contributed by atoms with Gasteiger partial charge in [0.15, 0.2) is 3.92 Å². The maximum Gasteiger partial charge on any atom is 0.210 e. The van der Waals surface area contributed by atoms with Crippen LogP contribution in [0.3, 0.4) is 0 Å². The Bertz CT molecular complexity index is 486. The molecular weight excluding hydrogens is 389 g/mol. The summed E-state index contributed by atoms with van der Waals surface area (Å²) in [7, 11) is 0. The van der Waals surface area contributed by atoms with Gasteiger partial charge in [0.1, 0.15) is 0 Å². The predicted molar refractivity (Wildman–Crippen MR) is 74.8 cm³/mol. The van der Waals surface area contributed by atoms with Crippen molar-refractivity contribution < 1.29 is 0 Å². The van der Waals surface area contributed by atoms with Crippen molar-refractivity contribution in [2.75, 3.05) is 5.32 Å². The van der Waals surface area contributed by atoms with E-state index in [0.717, 1.165) is 14.7 Å². The third-order valence-electron chi connectivity index (χ3n) is 1.91. The highest BCUT2D eigenvalue weighted by Crippen LogP contribution is 2.27. The Hall–Kier alpha value is -0.210. The van der Waals surface area contributed by atoms with E-state index in [2.05, 4.69) is 67.0 Å². The van der Waals surface area contributed by atoms with Crippen molar-refractivity contribution in [1.82, 2.24) is 10.2 Å². The topological polar surface area (TPSA) is 37.8 Å². The SMILES string of the molecule is Cc1c(I)cccc1Nc1nnc(Br)s1. The van der Waals surface area contributed by atoms with Gasteiger partial charge in [-0.1, -0.05) is 17.4 Å². The fourth-order valence-corrected chi connectivity index (χ4v) is 2.64. The number of rotatable bonds is 2. The van der Waals surface area contributed by atoms with E-state index >= 15 is 0 Å².